The number of ether oxygens (including phenoxy) is 2. The topological polar surface area (TPSA) is 68.3 Å². The van der Waals surface area contributed by atoms with Crippen LogP contribution in [0, 0.1) is 12.8 Å². The summed E-state index contributed by atoms with van der Waals surface area (Å²) in [5, 5.41) is 1.69. The van der Waals surface area contributed by atoms with Gasteiger partial charge in [-0.3, -0.25) is 14.4 Å². The largest absolute Gasteiger partial charge is 0.493 e. The van der Waals surface area contributed by atoms with Gasteiger partial charge in [0.2, 0.25) is 5.91 Å². The Morgan fingerprint density at radius 2 is 1.67 bits per heavy atom. The molecule has 0 aromatic heterocycles. The molecule has 2 fully saturated rings. The fourth-order valence-electron chi connectivity index (χ4n) is 4.89. The van der Waals surface area contributed by atoms with Gasteiger partial charge in [-0.2, -0.15) is 0 Å². The summed E-state index contributed by atoms with van der Waals surface area (Å²) in [6.45, 7) is 4.64. The van der Waals surface area contributed by atoms with Crippen molar-refractivity contribution in [2.75, 3.05) is 23.7 Å². The molecule has 2 saturated heterocycles. The molecule has 5 rings (SSSR count). The van der Waals surface area contributed by atoms with E-state index in [1.54, 1.807) is 18.2 Å². The number of hydrogen-bond acceptors (Lipinski definition) is 6. The van der Waals surface area contributed by atoms with Gasteiger partial charge in [-0.1, -0.05) is 49.7 Å². The Hall–Kier alpha value is -3.84. The van der Waals surface area contributed by atoms with Gasteiger partial charge in [-0.15, -0.1) is 0 Å². The highest BCUT2D eigenvalue weighted by molar-refractivity contribution is 6.24. The summed E-state index contributed by atoms with van der Waals surface area (Å²) in [6, 6.07) is 22.0. The zero-order chi connectivity index (χ0) is 25.2. The summed E-state index contributed by atoms with van der Waals surface area (Å²) >= 11 is 0. The van der Waals surface area contributed by atoms with Crippen LogP contribution >= 0.6 is 0 Å². The summed E-state index contributed by atoms with van der Waals surface area (Å²) in [7, 11) is 1.60. The molecule has 7 heteroatoms. The molecule has 0 spiro atoms. The predicted octanol–water partition coefficient (Wildman–Crippen LogP) is 5.23. The molecule has 2 aliphatic heterocycles. The lowest BCUT2D eigenvalue weighted by Gasteiger charge is -2.29. The molecule has 0 bridgehead atoms. The summed E-state index contributed by atoms with van der Waals surface area (Å²) in [5.74, 6) is -0.124. The lowest BCUT2D eigenvalue weighted by molar-refractivity contribution is -0.126. The van der Waals surface area contributed by atoms with Crippen molar-refractivity contribution in [2.24, 2.45) is 5.92 Å². The maximum absolute atomic E-state index is 13.8. The first-order valence-electron chi connectivity index (χ1n) is 12.3. The third-order valence-corrected chi connectivity index (χ3v) is 6.67. The molecule has 3 aromatic rings. The van der Waals surface area contributed by atoms with E-state index in [-0.39, 0.29) is 11.8 Å². The van der Waals surface area contributed by atoms with Crippen LogP contribution < -0.4 is 19.4 Å². The van der Waals surface area contributed by atoms with Crippen LogP contribution in [0.1, 0.15) is 36.9 Å². The Morgan fingerprint density at radius 3 is 2.39 bits per heavy atom. The van der Waals surface area contributed by atoms with E-state index in [0.29, 0.717) is 23.8 Å². The van der Waals surface area contributed by atoms with Gasteiger partial charge in [-0.25, -0.2) is 9.96 Å². The number of para-hydroxylation sites is 1. The Balaban J connectivity index is 1.55. The minimum Gasteiger partial charge on any atom is -0.493 e. The second-order valence-corrected chi connectivity index (χ2v) is 9.12. The molecule has 186 valence electrons. The van der Waals surface area contributed by atoms with Gasteiger partial charge in [0.15, 0.2) is 17.6 Å². The number of imide groups is 1. The molecular weight excluding hydrogens is 456 g/mol. The zero-order valence-corrected chi connectivity index (χ0v) is 20.7. The lowest BCUT2D eigenvalue weighted by Crippen LogP contribution is -2.37. The molecule has 2 heterocycles. The molecule has 36 heavy (non-hydrogen) atoms. The number of methoxy groups -OCH3 is 1. The van der Waals surface area contributed by atoms with E-state index < -0.39 is 18.1 Å². The van der Waals surface area contributed by atoms with E-state index in [1.807, 2.05) is 73.7 Å². The Morgan fingerprint density at radius 1 is 0.889 bits per heavy atom. The van der Waals surface area contributed by atoms with Gasteiger partial charge in [0.25, 0.3) is 5.91 Å². The van der Waals surface area contributed by atoms with E-state index in [1.165, 1.54) is 4.90 Å². The van der Waals surface area contributed by atoms with Crippen molar-refractivity contribution in [2.45, 2.75) is 38.8 Å². The molecule has 3 unspecified atom stereocenters. The third kappa shape index (κ3) is 4.20. The second-order valence-electron chi connectivity index (χ2n) is 9.12. The lowest BCUT2D eigenvalue weighted by atomic mass is 9.90. The van der Waals surface area contributed by atoms with Crippen LogP contribution in [0.5, 0.6) is 11.5 Å². The summed E-state index contributed by atoms with van der Waals surface area (Å²) in [5.41, 5.74) is 3.10. The van der Waals surface area contributed by atoms with Crippen molar-refractivity contribution < 1.29 is 23.9 Å². The standard InChI is InChI=1S/C29H30N2O5/c1-4-5-16-35-23-15-14-20(18-24(23)34-3)26-25-27(36-31(26)21-11-7-6-8-12-21)29(33)30(28(25)32)22-13-9-10-19(2)17-22/h6-15,17-18,25-27H,4-5,16H2,1-3H3. The van der Waals surface area contributed by atoms with Crippen molar-refractivity contribution in [3.8, 4) is 11.5 Å². The zero-order valence-electron chi connectivity index (χ0n) is 20.7. The number of amides is 2. The highest BCUT2D eigenvalue weighted by Crippen LogP contribution is 2.48. The summed E-state index contributed by atoms with van der Waals surface area (Å²) < 4.78 is 11.5. The molecule has 3 aromatic carbocycles. The second kappa shape index (κ2) is 10.0. The van der Waals surface area contributed by atoms with Crippen molar-refractivity contribution >= 4 is 23.2 Å². The van der Waals surface area contributed by atoms with E-state index >= 15 is 0 Å². The van der Waals surface area contributed by atoms with Crippen molar-refractivity contribution in [3.05, 3.63) is 83.9 Å². The van der Waals surface area contributed by atoms with Crippen molar-refractivity contribution in [1.29, 1.82) is 0 Å². The number of fused-ring (bicyclic) bond motifs is 1. The molecule has 0 aliphatic carbocycles. The van der Waals surface area contributed by atoms with Crippen molar-refractivity contribution in [3.63, 3.8) is 0 Å². The molecule has 3 atom stereocenters. The molecule has 2 aliphatic rings. The number of unbranched alkanes of at least 4 members (excludes halogenated alkanes) is 1. The molecule has 2 amide bonds. The van der Waals surface area contributed by atoms with Gasteiger partial charge in [0.05, 0.1) is 31.1 Å². The minimum absolute atomic E-state index is 0.277. The fourth-order valence-corrected chi connectivity index (χ4v) is 4.89. The monoisotopic (exact) mass is 486 g/mol. The number of anilines is 2. The molecule has 0 saturated carbocycles. The van der Waals surface area contributed by atoms with Crippen LogP contribution in [0.4, 0.5) is 11.4 Å². The Bertz CT molecular complexity index is 1260. The minimum atomic E-state index is -0.922. The van der Waals surface area contributed by atoms with E-state index in [4.69, 9.17) is 14.3 Å². The number of rotatable bonds is 8. The molecule has 0 radical (unpaired) electrons. The average Bonchev–Trinajstić information content (AvgIpc) is 3.40. The van der Waals surface area contributed by atoms with Crippen LogP contribution in [0.15, 0.2) is 72.8 Å². The van der Waals surface area contributed by atoms with E-state index in [0.717, 1.165) is 29.7 Å². The van der Waals surface area contributed by atoms with Gasteiger partial charge >= 0.3 is 0 Å². The van der Waals surface area contributed by atoms with Crippen molar-refractivity contribution in [1.82, 2.24) is 0 Å². The molecular formula is C29H30N2O5. The molecule has 0 N–H and O–H groups in total. The highest BCUT2D eigenvalue weighted by Gasteiger charge is 2.60. The van der Waals surface area contributed by atoms with Gasteiger partial charge in [-0.05, 0) is 60.9 Å². The first kappa shape index (κ1) is 23.9. The van der Waals surface area contributed by atoms with Gasteiger partial charge < -0.3 is 9.47 Å². The normalized spacial score (nSPS) is 21.1. The SMILES string of the molecule is CCCCOc1ccc(C2C3C(=O)N(c4cccc(C)c4)C(=O)C3ON2c2ccccc2)cc1OC. The number of hydroxylamine groups is 1. The fraction of sp³-hybridized carbons (Fsp3) is 0.310. The first-order chi connectivity index (χ1) is 17.5. The van der Waals surface area contributed by atoms with Crippen LogP contribution in [0.2, 0.25) is 0 Å². The van der Waals surface area contributed by atoms with Gasteiger partial charge in [0.1, 0.15) is 5.92 Å². The Kier molecular flexibility index (Phi) is 6.65. The summed E-state index contributed by atoms with van der Waals surface area (Å²) in [6.07, 6.45) is 1.05. The number of carbonyl (C=O) groups is 2. The van der Waals surface area contributed by atoms with Crippen LogP contribution in [-0.4, -0.2) is 31.6 Å². The van der Waals surface area contributed by atoms with Crippen LogP contribution in [0.25, 0.3) is 0 Å². The number of nitrogens with zero attached hydrogens (tertiary/aromatic N) is 2. The maximum Gasteiger partial charge on any atom is 0.266 e. The quantitative estimate of drug-likeness (QED) is 0.321. The maximum atomic E-state index is 13.8. The number of aryl methyl sites for hydroxylation is 1. The highest BCUT2D eigenvalue weighted by atomic mass is 16.7. The smallest absolute Gasteiger partial charge is 0.266 e. The number of carbonyl (C=O) groups excluding carboxylic acids is 2. The van der Waals surface area contributed by atoms with Gasteiger partial charge in [0, 0.05) is 0 Å². The van der Waals surface area contributed by atoms with Crippen LogP contribution in [-0.2, 0) is 14.4 Å². The Labute approximate surface area is 211 Å². The third-order valence-electron chi connectivity index (χ3n) is 6.67. The number of hydrogen-bond donors (Lipinski definition) is 0. The van der Waals surface area contributed by atoms with E-state index in [9.17, 15) is 9.59 Å². The van der Waals surface area contributed by atoms with Crippen LogP contribution in [0.3, 0.4) is 0 Å². The average molecular weight is 487 g/mol. The predicted molar refractivity (Wildman–Crippen MR) is 137 cm³/mol. The molecule has 7 nitrogen and oxygen atoms in total. The first-order valence-corrected chi connectivity index (χ1v) is 12.3. The number of benzene rings is 3. The summed E-state index contributed by atoms with van der Waals surface area (Å²) in [4.78, 5) is 34.8. The van der Waals surface area contributed by atoms with E-state index in [2.05, 4.69) is 6.92 Å².